The molecule has 6 nitrogen and oxygen atoms in total. The minimum absolute atomic E-state index is 0.0443. The lowest BCUT2D eigenvalue weighted by Crippen LogP contribution is -2.54. The first-order chi connectivity index (χ1) is 19.2. The summed E-state index contributed by atoms with van der Waals surface area (Å²) in [4.78, 5) is 40.6. The molecule has 222 valence electrons. The highest BCUT2D eigenvalue weighted by atomic mass is 16.6. The third kappa shape index (κ3) is 4.39. The van der Waals surface area contributed by atoms with Crippen LogP contribution in [0, 0.1) is 40.4 Å². The van der Waals surface area contributed by atoms with Crippen LogP contribution < -0.4 is 0 Å². The van der Waals surface area contributed by atoms with Gasteiger partial charge >= 0.3 is 11.9 Å². The highest BCUT2D eigenvalue weighted by Gasteiger charge is 2.66. The topological polar surface area (TPSA) is 89.9 Å². The van der Waals surface area contributed by atoms with Crippen LogP contribution in [0.5, 0.6) is 0 Å². The molecule has 1 saturated carbocycles. The first-order valence-corrected chi connectivity index (χ1v) is 15.3. The first-order valence-electron chi connectivity index (χ1n) is 15.3. The summed E-state index contributed by atoms with van der Waals surface area (Å²) in [6.07, 6.45) is 13.9. The Labute approximate surface area is 244 Å². The molecule has 1 saturated heterocycles. The van der Waals surface area contributed by atoms with Crippen LogP contribution in [-0.2, 0) is 23.9 Å². The van der Waals surface area contributed by atoms with Gasteiger partial charge in [-0.05, 0) is 71.1 Å². The van der Waals surface area contributed by atoms with Gasteiger partial charge in [-0.3, -0.25) is 9.59 Å². The molecule has 0 aromatic carbocycles. The van der Waals surface area contributed by atoms with E-state index in [1.807, 2.05) is 13.8 Å². The summed E-state index contributed by atoms with van der Waals surface area (Å²) in [6.45, 7) is 15.8. The Morgan fingerprint density at radius 1 is 1.05 bits per heavy atom. The zero-order valence-corrected chi connectivity index (χ0v) is 25.9. The van der Waals surface area contributed by atoms with Crippen molar-refractivity contribution in [3.05, 3.63) is 58.4 Å². The third-order valence-corrected chi connectivity index (χ3v) is 11.2. The zero-order chi connectivity index (χ0) is 30.1. The van der Waals surface area contributed by atoms with Gasteiger partial charge in [-0.25, -0.2) is 4.79 Å². The minimum atomic E-state index is -1.42. The number of Topliss-reactive ketones (excluding diaryl/α,β-unsaturated/α-hetero) is 1. The van der Waals surface area contributed by atoms with Gasteiger partial charge in [-0.15, -0.1) is 0 Å². The van der Waals surface area contributed by atoms with Gasteiger partial charge in [0.2, 0.25) is 5.78 Å². The number of carbonyl (C=O) groups excluding carboxylic acids is 3. The van der Waals surface area contributed by atoms with Crippen LogP contribution in [0.1, 0.15) is 87.5 Å². The van der Waals surface area contributed by atoms with E-state index >= 15 is 0 Å². The van der Waals surface area contributed by atoms with E-state index in [1.54, 1.807) is 0 Å². The number of hydrogen-bond donors (Lipinski definition) is 1. The molecule has 5 aliphatic rings. The number of allylic oxidation sites excluding steroid dienone is 6. The van der Waals surface area contributed by atoms with E-state index in [0.29, 0.717) is 6.42 Å². The molecule has 4 aliphatic carbocycles. The van der Waals surface area contributed by atoms with Crippen molar-refractivity contribution in [2.45, 2.75) is 99.2 Å². The smallest absolute Gasteiger partial charge is 0.346 e. The fourth-order valence-electron chi connectivity index (χ4n) is 9.02. The summed E-state index contributed by atoms with van der Waals surface area (Å²) in [5, 5.41) is 12.4. The van der Waals surface area contributed by atoms with Crippen molar-refractivity contribution in [1.29, 1.82) is 0 Å². The Morgan fingerprint density at radius 2 is 1.76 bits per heavy atom. The maximum Gasteiger partial charge on any atom is 0.346 e. The summed E-state index contributed by atoms with van der Waals surface area (Å²) < 4.78 is 12.0. The van der Waals surface area contributed by atoms with Crippen LogP contribution in [0.25, 0.3) is 0 Å². The number of esters is 2. The number of aliphatic hydroxyl groups excluding tert-OH is 1. The molecule has 0 radical (unpaired) electrons. The van der Waals surface area contributed by atoms with E-state index in [9.17, 15) is 19.5 Å². The van der Waals surface area contributed by atoms with Crippen molar-refractivity contribution in [1.82, 2.24) is 0 Å². The van der Waals surface area contributed by atoms with Crippen LogP contribution >= 0.6 is 0 Å². The number of rotatable bonds is 1. The van der Waals surface area contributed by atoms with E-state index in [2.05, 4.69) is 65.0 Å². The maximum absolute atomic E-state index is 14.7. The number of ketones is 1. The molecule has 1 aliphatic heterocycles. The van der Waals surface area contributed by atoms with Crippen molar-refractivity contribution in [2.24, 2.45) is 40.4 Å². The number of hydrogen-bond acceptors (Lipinski definition) is 6. The average molecular weight is 563 g/mol. The molecule has 5 rings (SSSR count). The molecule has 1 heterocycles. The second-order valence-corrected chi connectivity index (χ2v) is 14.0. The maximum atomic E-state index is 14.7. The number of fused-ring (bicyclic) bond motifs is 4. The van der Waals surface area contributed by atoms with Gasteiger partial charge in [0.05, 0.1) is 5.41 Å². The summed E-state index contributed by atoms with van der Waals surface area (Å²) >= 11 is 0. The van der Waals surface area contributed by atoms with Crippen molar-refractivity contribution >= 4 is 17.7 Å². The molecule has 0 amide bonds. The fraction of sp³-hybridized carbons (Fsp3) is 0.629. The van der Waals surface area contributed by atoms with Gasteiger partial charge in [0.15, 0.2) is 5.60 Å². The van der Waals surface area contributed by atoms with Crippen LogP contribution in [-0.4, -0.2) is 34.5 Å². The van der Waals surface area contributed by atoms with Gasteiger partial charge < -0.3 is 14.6 Å². The molecule has 41 heavy (non-hydrogen) atoms. The highest BCUT2D eigenvalue weighted by Crippen LogP contribution is 2.60. The summed E-state index contributed by atoms with van der Waals surface area (Å²) in [5.41, 5.74) is -0.0738. The standard InChI is InChI=1S/C35H46O6/c1-19-10-9-11-20(2)26-14-13-25-27(40-24(6)36)15-12-21(3)29(25)34(26,8)30(37)28-31(38)35(41-32(28)39)18-23(5)22(4)17-33(35,7)16-19/h11,13-14,16-17,21,23,25-27,29,37H,9-10,12,15,18H2,1-8H3/b19-16+,20-11?,30-28-/t21-,23+,25+,26?,27-,29+,33-,34+,35+/m0/s1. The predicted molar refractivity (Wildman–Crippen MR) is 158 cm³/mol. The van der Waals surface area contributed by atoms with E-state index in [0.717, 1.165) is 42.4 Å². The zero-order valence-electron chi connectivity index (χ0n) is 25.9. The van der Waals surface area contributed by atoms with E-state index in [-0.39, 0.29) is 53.0 Å². The molecule has 1 N–H and O–H groups in total. The van der Waals surface area contributed by atoms with Crippen LogP contribution in [0.2, 0.25) is 0 Å². The molecule has 1 spiro atoms. The van der Waals surface area contributed by atoms with Crippen molar-refractivity contribution < 1.29 is 29.0 Å². The third-order valence-electron chi connectivity index (χ3n) is 11.2. The van der Waals surface area contributed by atoms with E-state index in [4.69, 9.17) is 9.47 Å². The quantitative estimate of drug-likeness (QED) is 0.208. The molecule has 1 unspecified atom stereocenters. The van der Waals surface area contributed by atoms with E-state index in [1.165, 1.54) is 6.92 Å². The monoisotopic (exact) mass is 562 g/mol. The van der Waals surface area contributed by atoms with Gasteiger partial charge in [0.1, 0.15) is 17.4 Å². The highest BCUT2D eigenvalue weighted by molar-refractivity contribution is 6.26. The molecule has 0 aromatic rings. The predicted octanol–water partition coefficient (Wildman–Crippen LogP) is 7.13. The van der Waals surface area contributed by atoms with Gasteiger partial charge in [-0.2, -0.15) is 0 Å². The minimum Gasteiger partial charge on any atom is -0.511 e. The Kier molecular flexibility index (Phi) is 7.31. The van der Waals surface area contributed by atoms with Gasteiger partial charge in [-0.1, -0.05) is 67.9 Å². The molecule has 6 heteroatoms. The van der Waals surface area contributed by atoms with Gasteiger partial charge in [0, 0.05) is 30.6 Å². The van der Waals surface area contributed by atoms with Crippen molar-refractivity contribution in [3.8, 4) is 0 Å². The van der Waals surface area contributed by atoms with Crippen LogP contribution in [0.3, 0.4) is 0 Å². The summed E-state index contributed by atoms with van der Waals surface area (Å²) in [5.74, 6) is -2.02. The van der Waals surface area contributed by atoms with E-state index < -0.39 is 28.2 Å². The average Bonchev–Trinajstić information content (AvgIpc) is 3.13. The fourth-order valence-corrected chi connectivity index (χ4v) is 9.02. The molecule has 2 bridgehead atoms. The largest absolute Gasteiger partial charge is 0.511 e. The lowest BCUT2D eigenvalue weighted by molar-refractivity contribution is -0.162. The molecule has 9 atom stereocenters. The molecular weight excluding hydrogens is 516 g/mol. The number of carbonyl (C=O) groups is 3. The summed E-state index contributed by atoms with van der Waals surface area (Å²) in [7, 11) is 0. The molecule has 2 fully saturated rings. The number of ether oxygens (including phenoxy) is 2. The lowest BCUT2D eigenvalue weighted by atomic mass is 9.50. The van der Waals surface area contributed by atoms with Crippen LogP contribution in [0.15, 0.2) is 58.4 Å². The second-order valence-electron chi connectivity index (χ2n) is 14.0. The molecule has 0 aromatic heterocycles. The lowest BCUT2D eigenvalue weighted by Gasteiger charge is -2.54. The van der Waals surface area contributed by atoms with Crippen molar-refractivity contribution in [3.63, 3.8) is 0 Å². The Morgan fingerprint density at radius 3 is 2.44 bits per heavy atom. The van der Waals surface area contributed by atoms with Crippen LogP contribution in [0.4, 0.5) is 0 Å². The molecular formula is C35H46O6. The normalized spacial score (nSPS) is 45.7. The Balaban J connectivity index is 1.77. The SMILES string of the molecule is CC(=O)O[C@H]1CC[C@H](C)[C@@H]2[C@@H]1C=CC1C(C)=CCC/C(C)=C/[C@@]3(C)C=C(C)[C@H](C)C[C@]34OC(=O)/C(=C(\O)[C@]12C)C4=O. The number of aliphatic hydroxyl groups is 1. The summed E-state index contributed by atoms with van der Waals surface area (Å²) in [6, 6.07) is 0. The van der Waals surface area contributed by atoms with Gasteiger partial charge in [0.25, 0.3) is 0 Å². The second kappa shape index (κ2) is 10.1. The van der Waals surface area contributed by atoms with Crippen molar-refractivity contribution in [2.75, 3.05) is 0 Å². The first kappa shape index (κ1) is 29.6. The Bertz CT molecular complexity index is 1330. The Hall–Kier alpha value is -2.89.